The summed E-state index contributed by atoms with van der Waals surface area (Å²) >= 11 is 5.48. The highest BCUT2D eigenvalue weighted by atomic mass is 35.5. The zero-order chi connectivity index (χ0) is 29.6. The highest BCUT2D eigenvalue weighted by Gasteiger charge is 2.28. The van der Waals surface area contributed by atoms with Crippen molar-refractivity contribution in [2.45, 2.75) is 6.61 Å². The van der Waals surface area contributed by atoms with Gasteiger partial charge >= 0.3 is 12.1 Å². The van der Waals surface area contributed by atoms with Crippen molar-refractivity contribution in [3.05, 3.63) is 82.3 Å². The highest BCUT2D eigenvalue weighted by molar-refractivity contribution is 6.29. The number of carbonyl (C=O) groups excluding carboxylic acids is 3. The van der Waals surface area contributed by atoms with Crippen LogP contribution in [0.2, 0.25) is 0 Å². The summed E-state index contributed by atoms with van der Waals surface area (Å²) in [6.07, 6.45) is 1.19. The standard InChI is InChI=1S/C26H20ClF3N2O8/c1-3-7-37-25(35)13-6-5-12(22(31)19(13)28)16-9-15(33)18-23(32-17(34)10-27)20(29)14(21(30)24(18)40-16)11-39-26(36)38-8-4-2/h3-6,9H,1-2,7-8,10-11,31H2,(H,32,34). The molecule has 0 aliphatic heterocycles. The predicted molar refractivity (Wildman–Crippen MR) is 138 cm³/mol. The number of nitrogens with one attached hydrogen (secondary N) is 1. The SMILES string of the molecule is C=CCOC(=O)OCc1c(F)c(NC(=O)CCl)c2c(=O)cc(-c3ccc(C(=O)OCC=C)c(F)c3N)oc2c1F. The first kappa shape index (κ1) is 29.8. The molecule has 0 atom stereocenters. The molecule has 0 unspecified atom stereocenters. The molecule has 1 heterocycles. The lowest BCUT2D eigenvalue weighted by Crippen LogP contribution is -2.19. The van der Waals surface area contributed by atoms with Gasteiger partial charge < -0.3 is 29.7 Å². The lowest BCUT2D eigenvalue weighted by atomic mass is 10.0. The molecule has 0 saturated heterocycles. The molecule has 0 spiro atoms. The average Bonchev–Trinajstić information content (AvgIpc) is 2.93. The van der Waals surface area contributed by atoms with Crippen LogP contribution in [0, 0.1) is 17.5 Å². The number of alkyl halides is 1. The molecule has 1 amide bonds. The van der Waals surface area contributed by atoms with Crippen molar-refractivity contribution >= 4 is 52.0 Å². The Morgan fingerprint density at radius 3 is 2.35 bits per heavy atom. The van der Waals surface area contributed by atoms with Crippen molar-refractivity contribution in [2.24, 2.45) is 0 Å². The molecule has 0 fully saturated rings. The first-order chi connectivity index (χ1) is 19.0. The van der Waals surface area contributed by atoms with Crippen LogP contribution in [0.4, 0.5) is 29.3 Å². The van der Waals surface area contributed by atoms with Crippen molar-refractivity contribution in [3.63, 3.8) is 0 Å². The number of nitrogen functional groups attached to an aromatic ring is 1. The molecular formula is C26H20ClF3N2O8. The van der Waals surface area contributed by atoms with Crippen LogP contribution in [-0.4, -0.2) is 37.1 Å². The summed E-state index contributed by atoms with van der Waals surface area (Å²) in [6, 6.07) is 2.86. The van der Waals surface area contributed by atoms with E-state index < -0.39 is 92.6 Å². The monoisotopic (exact) mass is 580 g/mol. The van der Waals surface area contributed by atoms with E-state index in [0.717, 1.165) is 18.2 Å². The fraction of sp³-hybridized carbons (Fsp3) is 0.154. The number of rotatable bonds is 10. The first-order valence-electron chi connectivity index (χ1n) is 11.2. The Balaban J connectivity index is 2.21. The van der Waals surface area contributed by atoms with Gasteiger partial charge in [0.25, 0.3) is 0 Å². The van der Waals surface area contributed by atoms with Crippen LogP contribution in [0.5, 0.6) is 0 Å². The van der Waals surface area contributed by atoms with Crippen molar-refractivity contribution in [3.8, 4) is 11.3 Å². The first-order valence-corrected chi connectivity index (χ1v) is 11.7. The number of hydrogen-bond acceptors (Lipinski definition) is 9. The maximum Gasteiger partial charge on any atom is 0.508 e. The molecule has 0 radical (unpaired) electrons. The smallest absolute Gasteiger partial charge is 0.458 e. The van der Waals surface area contributed by atoms with Crippen LogP contribution in [0.25, 0.3) is 22.3 Å². The van der Waals surface area contributed by atoms with Gasteiger partial charge in [0.05, 0.1) is 27.9 Å². The van der Waals surface area contributed by atoms with Crippen molar-refractivity contribution in [1.82, 2.24) is 0 Å². The molecular weight excluding hydrogens is 561 g/mol. The third-order valence-electron chi connectivity index (χ3n) is 5.18. The molecule has 1 aromatic heterocycles. The van der Waals surface area contributed by atoms with Crippen molar-refractivity contribution in [2.75, 3.05) is 30.1 Å². The minimum Gasteiger partial charge on any atom is -0.458 e. The fourth-order valence-corrected chi connectivity index (χ4v) is 3.47. The van der Waals surface area contributed by atoms with E-state index in [1.165, 1.54) is 12.2 Å². The van der Waals surface area contributed by atoms with E-state index >= 15 is 8.78 Å². The fourth-order valence-electron chi connectivity index (χ4n) is 3.41. The number of esters is 1. The molecule has 3 rings (SSSR count). The summed E-state index contributed by atoms with van der Waals surface area (Å²) in [4.78, 5) is 48.7. The average molecular weight is 581 g/mol. The third-order valence-corrected chi connectivity index (χ3v) is 5.43. The Labute approximate surface area is 228 Å². The second-order valence-electron chi connectivity index (χ2n) is 7.76. The lowest BCUT2D eigenvalue weighted by Gasteiger charge is -2.15. The number of anilines is 2. The number of benzene rings is 2. The van der Waals surface area contributed by atoms with Gasteiger partial charge in [0.15, 0.2) is 28.5 Å². The van der Waals surface area contributed by atoms with Gasteiger partial charge in [0, 0.05) is 11.6 Å². The highest BCUT2D eigenvalue weighted by Crippen LogP contribution is 2.36. The Bertz CT molecular complexity index is 1590. The van der Waals surface area contributed by atoms with Gasteiger partial charge in [-0.25, -0.2) is 22.8 Å². The molecule has 0 aliphatic carbocycles. The predicted octanol–water partition coefficient (Wildman–Crippen LogP) is 4.82. The van der Waals surface area contributed by atoms with Gasteiger partial charge in [-0.05, 0) is 12.1 Å². The van der Waals surface area contributed by atoms with E-state index in [1.807, 2.05) is 5.32 Å². The van der Waals surface area contributed by atoms with Crippen LogP contribution in [0.1, 0.15) is 15.9 Å². The lowest BCUT2D eigenvalue weighted by molar-refractivity contribution is -0.113. The van der Waals surface area contributed by atoms with Gasteiger partial charge in [-0.1, -0.05) is 25.3 Å². The summed E-state index contributed by atoms with van der Waals surface area (Å²) in [5.74, 6) is -7.27. The molecule has 210 valence electrons. The number of fused-ring (bicyclic) bond motifs is 1. The Hall–Kier alpha value is -4.78. The minimum absolute atomic E-state index is 0.198. The molecule has 3 N–H and O–H groups in total. The number of amides is 1. The molecule has 10 nitrogen and oxygen atoms in total. The molecule has 0 saturated carbocycles. The third kappa shape index (κ3) is 6.10. The normalized spacial score (nSPS) is 10.6. The number of nitrogens with two attached hydrogens (primary N) is 1. The van der Waals surface area contributed by atoms with E-state index in [4.69, 9.17) is 31.2 Å². The van der Waals surface area contributed by atoms with Crippen molar-refractivity contribution < 1.29 is 46.2 Å². The van der Waals surface area contributed by atoms with Crippen LogP contribution in [0.3, 0.4) is 0 Å². The van der Waals surface area contributed by atoms with E-state index in [9.17, 15) is 23.6 Å². The van der Waals surface area contributed by atoms with Gasteiger partial charge in [-0.3, -0.25) is 9.59 Å². The zero-order valence-corrected chi connectivity index (χ0v) is 21.2. The van der Waals surface area contributed by atoms with Gasteiger partial charge in [-0.15, -0.1) is 11.6 Å². The summed E-state index contributed by atoms with van der Waals surface area (Å²) < 4.78 is 65.4. The zero-order valence-electron chi connectivity index (χ0n) is 20.5. The number of halogens is 4. The Morgan fingerprint density at radius 1 is 1.02 bits per heavy atom. The maximum absolute atomic E-state index is 15.5. The summed E-state index contributed by atoms with van der Waals surface area (Å²) in [5.41, 5.74) is 0.703. The topological polar surface area (TPSA) is 147 Å². The van der Waals surface area contributed by atoms with Gasteiger partial charge in [0.2, 0.25) is 5.91 Å². The minimum atomic E-state index is -1.48. The summed E-state index contributed by atoms with van der Waals surface area (Å²) in [5, 5.41) is 1.31. The second-order valence-corrected chi connectivity index (χ2v) is 8.02. The van der Waals surface area contributed by atoms with Crippen molar-refractivity contribution in [1.29, 1.82) is 0 Å². The van der Waals surface area contributed by atoms with Crippen LogP contribution in [-0.2, 0) is 25.6 Å². The van der Waals surface area contributed by atoms with E-state index in [1.54, 1.807) is 0 Å². The second kappa shape index (κ2) is 12.8. The van der Waals surface area contributed by atoms with E-state index in [-0.39, 0.29) is 18.8 Å². The molecule has 40 heavy (non-hydrogen) atoms. The summed E-state index contributed by atoms with van der Waals surface area (Å²) in [6.45, 7) is 5.22. The molecule has 2 aromatic carbocycles. The van der Waals surface area contributed by atoms with Crippen LogP contribution >= 0.6 is 11.6 Å². The maximum atomic E-state index is 15.5. The molecule has 3 aromatic rings. The van der Waals surface area contributed by atoms with Crippen LogP contribution in [0.15, 0.2) is 52.7 Å². The van der Waals surface area contributed by atoms with E-state index in [0.29, 0.717) is 0 Å². The van der Waals surface area contributed by atoms with Gasteiger partial charge in [0.1, 0.15) is 31.5 Å². The molecule has 0 bridgehead atoms. The Morgan fingerprint density at radius 2 is 1.70 bits per heavy atom. The largest absolute Gasteiger partial charge is 0.508 e. The summed E-state index contributed by atoms with van der Waals surface area (Å²) in [7, 11) is 0. The number of hydrogen-bond donors (Lipinski definition) is 2. The quantitative estimate of drug-likeness (QED) is 0.149. The van der Waals surface area contributed by atoms with Crippen LogP contribution < -0.4 is 16.5 Å². The number of carbonyl (C=O) groups is 3. The van der Waals surface area contributed by atoms with E-state index in [2.05, 4.69) is 17.9 Å². The number of ether oxygens (including phenoxy) is 3. The molecule has 0 aliphatic rings. The Kier molecular flexibility index (Phi) is 9.56. The van der Waals surface area contributed by atoms with Gasteiger partial charge in [-0.2, -0.15) is 0 Å². The molecule has 14 heteroatoms.